The first-order chi connectivity index (χ1) is 7.37. The lowest BCUT2D eigenvalue weighted by molar-refractivity contribution is -0.163. The molecule has 0 unspecified atom stereocenters. The number of aromatic nitrogens is 2. The van der Waals surface area contributed by atoms with Crippen LogP contribution >= 0.6 is 0 Å². The molecule has 1 rings (SSSR count). The van der Waals surface area contributed by atoms with E-state index in [1.165, 1.54) is 6.07 Å². The van der Waals surface area contributed by atoms with Crippen LogP contribution in [0.15, 0.2) is 6.07 Å². The zero-order valence-electron chi connectivity index (χ0n) is 8.23. The third-order valence-electron chi connectivity index (χ3n) is 1.83. The van der Waals surface area contributed by atoms with Crippen molar-refractivity contribution in [2.75, 3.05) is 5.32 Å². The van der Waals surface area contributed by atoms with Gasteiger partial charge < -0.3 is 5.32 Å². The van der Waals surface area contributed by atoms with E-state index in [9.17, 15) is 22.4 Å². The molecule has 0 atom stereocenters. The van der Waals surface area contributed by atoms with Gasteiger partial charge in [0.15, 0.2) is 5.82 Å². The smallest absolute Gasteiger partial charge is 0.304 e. The highest BCUT2D eigenvalue weighted by Crippen LogP contribution is 2.24. The largest absolute Gasteiger partial charge is 0.383 e. The highest BCUT2D eigenvalue weighted by atomic mass is 19.3. The molecule has 0 aliphatic rings. The van der Waals surface area contributed by atoms with Crippen LogP contribution in [0.5, 0.6) is 0 Å². The number of anilines is 1. The number of halogens is 4. The van der Waals surface area contributed by atoms with Gasteiger partial charge in [-0.1, -0.05) is 6.92 Å². The van der Waals surface area contributed by atoms with Crippen molar-refractivity contribution in [2.45, 2.75) is 25.7 Å². The first-order valence-corrected chi connectivity index (χ1v) is 4.39. The monoisotopic (exact) mass is 239 g/mol. The van der Waals surface area contributed by atoms with E-state index >= 15 is 0 Å². The predicted molar refractivity (Wildman–Crippen MR) is 47.5 cm³/mol. The number of H-pyrrole nitrogens is 1. The minimum atomic E-state index is -4.72. The maximum absolute atomic E-state index is 12.5. The zero-order valence-corrected chi connectivity index (χ0v) is 8.23. The number of aryl methyl sites for hydroxylation is 1. The Morgan fingerprint density at radius 1 is 1.62 bits per heavy atom. The van der Waals surface area contributed by atoms with Crippen LogP contribution in [0.25, 0.3) is 0 Å². The standard InChI is InChI=1S/C8H9F4N3O/c1-2-4-3-5(15-14-4)13-7(16)8(11,12)6(9)10/h3,6H,2H2,1H3,(H2,13,14,15,16). The first-order valence-electron chi connectivity index (χ1n) is 4.39. The molecule has 0 bridgehead atoms. The Kier molecular flexibility index (Phi) is 3.51. The van der Waals surface area contributed by atoms with E-state index in [1.54, 1.807) is 12.2 Å². The van der Waals surface area contributed by atoms with Crippen molar-refractivity contribution < 1.29 is 22.4 Å². The van der Waals surface area contributed by atoms with Crippen LogP contribution in [0.3, 0.4) is 0 Å². The van der Waals surface area contributed by atoms with Gasteiger partial charge in [0, 0.05) is 11.8 Å². The van der Waals surface area contributed by atoms with Gasteiger partial charge in [0.2, 0.25) is 0 Å². The summed E-state index contributed by atoms with van der Waals surface area (Å²) in [5, 5.41) is 7.52. The summed E-state index contributed by atoms with van der Waals surface area (Å²) in [6, 6.07) is 1.29. The second-order valence-corrected chi connectivity index (χ2v) is 3.01. The molecule has 0 aliphatic heterocycles. The minimum absolute atomic E-state index is 0.206. The quantitative estimate of drug-likeness (QED) is 0.787. The highest BCUT2D eigenvalue weighted by molar-refractivity contribution is 5.95. The van der Waals surface area contributed by atoms with Gasteiger partial charge in [-0.3, -0.25) is 9.89 Å². The van der Waals surface area contributed by atoms with Crippen molar-refractivity contribution in [2.24, 2.45) is 0 Å². The average Bonchev–Trinajstić information content (AvgIpc) is 2.65. The molecule has 1 aromatic rings. The second kappa shape index (κ2) is 4.50. The van der Waals surface area contributed by atoms with E-state index < -0.39 is 18.3 Å². The third kappa shape index (κ3) is 2.50. The number of rotatable bonds is 4. The molecule has 4 nitrogen and oxygen atoms in total. The Labute approximate surface area is 88.0 Å². The molecule has 0 aromatic carbocycles. The van der Waals surface area contributed by atoms with Crippen molar-refractivity contribution in [3.63, 3.8) is 0 Å². The Bertz CT molecular complexity index is 377. The summed E-state index contributed by atoms with van der Waals surface area (Å²) >= 11 is 0. The minimum Gasteiger partial charge on any atom is -0.304 e. The number of carbonyl (C=O) groups excluding carboxylic acids is 1. The molecule has 1 amide bonds. The number of nitrogens with one attached hydrogen (secondary N) is 2. The summed E-state index contributed by atoms with van der Waals surface area (Å²) in [6.45, 7) is 1.77. The molecule has 0 spiro atoms. The molecular weight excluding hydrogens is 230 g/mol. The fourth-order valence-corrected chi connectivity index (χ4v) is 0.906. The lowest BCUT2D eigenvalue weighted by Crippen LogP contribution is -2.41. The normalized spacial score (nSPS) is 11.9. The molecule has 8 heteroatoms. The van der Waals surface area contributed by atoms with Crippen molar-refractivity contribution >= 4 is 11.7 Å². The van der Waals surface area contributed by atoms with Gasteiger partial charge in [0.05, 0.1) is 0 Å². The summed E-state index contributed by atoms with van der Waals surface area (Å²) in [6.07, 6.45) is -3.49. The second-order valence-electron chi connectivity index (χ2n) is 3.01. The van der Waals surface area contributed by atoms with Crippen LogP contribution in [0.1, 0.15) is 12.6 Å². The van der Waals surface area contributed by atoms with Crippen molar-refractivity contribution in [3.05, 3.63) is 11.8 Å². The SMILES string of the molecule is CCc1cc(NC(=O)C(F)(F)C(F)F)n[nH]1. The highest BCUT2D eigenvalue weighted by Gasteiger charge is 2.49. The molecule has 0 radical (unpaired) electrons. The van der Waals surface area contributed by atoms with E-state index in [-0.39, 0.29) is 5.82 Å². The van der Waals surface area contributed by atoms with Gasteiger partial charge in [-0.2, -0.15) is 13.9 Å². The Hall–Kier alpha value is -1.60. The summed E-state index contributed by atoms with van der Waals surface area (Å²) in [4.78, 5) is 10.8. The number of aromatic amines is 1. The molecule has 0 saturated heterocycles. The molecular formula is C8H9F4N3O. The van der Waals surface area contributed by atoms with Crippen LogP contribution in [-0.4, -0.2) is 28.5 Å². The summed E-state index contributed by atoms with van der Waals surface area (Å²) in [5.41, 5.74) is 0.593. The van der Waals surface area contributed by atoms with Crippen LogP contribution in [0.4, 0.5) is 23.4 Å². The molecule has 1 heterocycles. The first kappa shape index (κ1) is 12.5. The average molecular weight is 239 g/mol. The third-order valence-corrected chi connectivity index (χ3v) is 1.83. The van der Waals surface area contributed by atoms with Gasteiger partial charge >= 0.3 is 18.3 Å². The lowest BCUT2D eigenvalue weighted by Gasteiger charge is -2.13. The summed E-state index contributed by atoms with van der Waals surface area (Å²) < 4.78 is 48.6. The van der Waals surface area contributed by atoms with Crippen LogP contribution in [-0.2, 0) is 11.2 Å². The topological polar surface area (TPSA) is 57.8 Å². The van der Waals surface area contributed by atoms with E-state index in [0.717, 1.165) is 0 Å². The van der Waals surface area contributed by atoms with Gasteiger partial charge in [0.25, 0.3) is 0 Å². The number of amides is 1. The van der Waals surface area contributed by atoms with E-state index in [2.05, 4.69) is 10.2 Å². The van der Waals surface area contributed by atoms with Crippen LogP contribution in [0.2, 0.25) is 0 Å². The van der Waals surface area contributed by atoms with Crippen LogP contribution < -0.4 is 5.32 Å². The fourth-order valence-electron chi connectivity index (χ4n) is 0.906. The number of nitrogens with zero attached hydrogens (tertiary/aromatic N) is 1. The Balaban J connectivity index is 2.71. The van der Waals surface area contributed by atoms with Crippen molar-refractivity contribution in [1.82, 2.24) is 10.2 Å². The molecule has 2 N–H and O–H groups in total. The lowest BCUT2D eigenvalue weighted by atomic mass is 10.3. The van der Waals surface area contributed by atoms with Crippen molar-refractivity contribution in [3.8, 4) is 0 Å². The molecule has 0 fully saturated rings. The van der Waals surface area contributed by atoms with Gasteiger partial charge in [-0.15, -0.1) is 0 Å². The number of alkyl halides is 4. The Morgan fingerprint density at radius 3 is 2.69 bits per heavy atom. The number of carbonyl (C=O) groups is 1. The van der Waals surface area contributed by atoms with E-state index in [1.807, 2.05) is 0 Å². The van der Waals surface area contributed by atoms with E-state index in [4.69, 9.17) is 0 Å². The van der Waals surface area contributed by atoms with Gasteiger partial charge in [-0.05, 0) is 6.42 Å². The summed E-state index contributed by atoms with van der Waals surface area (Å²) in [5.74, 6) is -7.00. The molecule has 90 valence electrons. The zero-order chi connectivity index (χ0) is 12.3. The van der Waals surface area contributed by atoms with Crippen molar-refractivity contribution in [1.29, 1.82) is 0 Å². The molecule has 0 aliphatic carbocycles. The number of hydrogen-bond acceptors (Lipinski definition) is 2. The van der Waals surface area contributed by atoms with Crippen LogP contribution in [0, 0.1) is 0 Å². The van der Waals surface area contributed by atoms with E-state index in [0.29, 0.717) is 12.1 Å². The van der Waals surface area contributed by atoms with Gasteiger partial charge in [0.1, 0.15) is 0 Å². The summed E-state index contributed by atoms with van der Waals surface area (Å²) in [7, 11) is 0. The number of hydrogen-bond donors (Lipinski definition) is 2. The predicted octanol–water partition coefficient (Wildman–Crippen LogP) is 1.81. The maximum Gasteiger partial charge on any atom is 0.383 e. The van der Waals surface area contributed by atoms with Gasteiger partial charge in [-0.25, -0.2) is 8.78 Å². The Morgan fingerprint density at radius 2 is 2.25 bits per heavy atom. The maximum atomic E-state index is 12.5. The molecule has 0 saturated carbocycles. The molecule has 16 heavy (non-hydrogen) atoms. The fraction of sp³-hybridized carbons (Fsp3) is 0.500. The molecule has 1 aromatic heterocycles.